The smallest absolute Gasteiger partial charge is 0.319 e. The number of carbonyl (C=O) groups excluding carboxylic acids is 3. The van der Waals surface area contributed by atoms with Gasteiger partial charge in [-0.2, -0.15) is 0 Å². The van der Waals surface area contributed by atoms with Gasteiger partial charge >= 0.3 is 6.03 Å². The number of carbonyl (C=O) groups is 3. The van der Waals surface area contributed by atoms with Crippen LogP contribution in [0.5, 0.6) is 0 Å². The van der Waals surface area contributed by atoms with Gasteiger partial charge in [-0.3, -0.25) is 14.5 Å². The molecule has 0 bridgehead atoms. The number of anilines is 1. The monoisotopic (exact) mass is 427 g/mol. The van der Waals surface area contributed by atoms with Crippen LogP contribution >= 0.6 is 0 Å². The van der Waals surface area contributed by atoms with Crippen molar-refractivity contribution in [1.82, 2.24) is 10.2 Å². The molecule has 0 saturated carbocycles. The minimum Gasteiger partial charge on any atom is -0.327 e. The third-order valence-corrected chi connectivity index (χ3v) is 5.36. The largest absolute Gasteiger partial charge is 0.327 e. The maximum absolute atomic E-state index is 12.9. The van der Waals surface area contributed by atoms with Crippen LogP contribution in [0.2, 0.25) is 0 Å². The number of amides is 4. The Kier molecular flexibility index (Phi) is 5.53. The number of hydrogen-bond acceptors (Lipinski definition) is 3. The van der Waals surface area contributed by atoms with E-state index in [9.17, 15) is 14.4 Å². The molecule has 162 valence electrons. The van der Waals surface area contributed by atoms with Crippen molar-refractivity contribution in [3.05, 3.63) is 101 Å². The van der Waals surface area contributed by atoms with E-state index in [1.54, 1.807) is 18.2 Å². The lowest BCUT2D eigenvalue weighted by molar-refractivity contribution is 0.0507. The average molecular weight is 428 g/mol. The molecule has 0 fully saturated rings. The molecule has 0 atom stereocenters. The van der Waals surface area contributed by atoms with Crippen LogP contribution in [0.25, 0.3) is 0 Å². The number of rotatable bonds is 4. The maximum atomic E-state index is 12.9. The maximum Gasteiger partial charge on any atom is 0.319 e. The molecule has 1 aliphatic rings. The second kappa shape index (κ2) is 8.30. The van der Waals surface area contributed by atoms with Crippen molar-refractivity contribution in [2.24, 2.45) is 0 Å². The van der Waals surface area contributed by atoms with Crippen LogP contribution in [0, 0.1) is 0 Å². The fraction of sp³-hybridized carbons (Fsp3) is 0.192. The molecule has 4 amide bonds. The fourth-order valence-corrected chi connectivity index (χ4v) is 3.88. The molecule has 6 heteroatoms. The minimum absolute atomic E-state index is 0.297. The van der Waals surface area contributed by atoms with E-state index in [4.69, 9.17) is 0 Å². The highest BCUT2D eigenvalue weighted by Gasteiger charge is 2.41. The molecule has 3 aromatic rings. The van der Waals surface area contributed by atoms with Gasteiger partial charge in [0, 0.05) is 11.2 Å². The minimum atomic E-state index is -0.628. The van der Waals surface area contributed by atoms with Crippen LogP contribution in [-0.4, -0.2) is 28.3 Å². The van der Waals surface area contributed by atoms with Gasteiger partial charge in [0.2, 0.25) is 0 Å². The number of nitrogens with one attached hydrogen (secondary N) is 2. The SMILES string of the molecule is CC(C)(C)N1C(=O)c2ccc(NC(=O)NC(c3ccccc3)c3ccccc3)cc2C1=O. The quantitative estimate of drug-likeness (QED) is 0.576. The van der Waals surface area contributed by atoms with Crippen LogP contribution in [-0.2, 0) is 0 Å². The predicted octanol–water partition coefficient (Wildman–Crippen LogP) is 4.99. The Morgan fingerprint density at radius 3 is 1.84 bits per heavy atom. The summed E-state index contributed by atoms with van der Waals surface area (Å²) < 4.78 is 0. The Labute approximate surface area is 187 Å². The summed E-state index contributed by atoms with van der Waals surface area (Å²) >= 11 is 0. The van der Waals surface area contributed by atoms with Crippen LogP contribution in [0.15, 0.2) is 78.9 Å². The van der Waals surface area contributed by atoms with E-state index in [1.807, 2.05) is 81.4 Å². The van der Waals surface area contributed by atoms with Gasteiger partial charge in [0.1, 0.15) is 0 Å². The molecular weight excluding hydrogens is 402 g/mol. The van der Waals surface area contributed by atoms with Gasteiger partial charge in [0.15, 0.2) is 0 Å². The van der Waals surface area contributed by atoms with Gasteiger partial charge < -0.3 is 10.6 Å². The number of imide groups is 1. The number of benzene rings is 3. The standard InChI is InChI=1S/C26H25N3O3/c1-26(2,3)29-23(30)20-15-14-19(16-21(20)24(29)31)27-25(32)28-22(17-10-6-4-7-11-17)18-12-8-5-9-13-18/h4-16,22H,1-3H3,(H2,27,28,32). The second-order valence-electron chi connectivity index (χ2n) is 8.73. The third-order valence-electron chi connectivity index (χ3n) is 5.36. The predicted molar refractivity (Wildman–Crippen MR) is 124 cm³/mol. The first-order valence-corrected chi connectivity index (χ1v) is 10.5. The summed E-state index contributed by atoms with van der Waals surface area (Å²) in [7, 11) is 0. The van der Waals surface area contributed by atoms with Crippen molar-refractivity contribution in [3.63, 3.8) is 0 Å². The molecule has 0 aliphatic carbocycles. The normalized spacial score (nSPS) is 13.3. The van der Waals surface area contributed by atoms with Crippen molar-refractivity contribution in [1.29, 1.82) is 0 Å². The highest BCUT2D eigenvalue weighted by molar-refractivity contribution is 6.22. The van der Waals surface area contributed by atoms with Crippen molar-refractivity contribution < 1.29 is 14.4 Å². The van der Waals surface area contributed by atoms with Gasteiger partial charge in [-0.05, 0) is 50.1 Å². The highest BCUT2D eigenvalue weighted by Crippen LogP contribution is 2.31. The summed E-state index contributed by atoms with van der Waals surface area (Å²) in [5, 5.41) is 5.81. The zero-order chi connectivity index (χ0) is 22.9. The first-order chi connectivity index (χ1) is 15.3. The molecule has 6 nitrogen and oxygen atoms in total. The van der Waals surface area contributed by atoms with E-state index in [-0.39, 0.29) is 17.9 Å². The Balaban J connectivity index is 1.55. The molecule has 1 heterocycles. The summed E-state index contributed by atoms with van der Waals surface area (Å²) in [4.78, 5) is 39.6. The molecule has 4 rings (SSSR count). The van der Waals surface area contributed by atoms with E-state index in [0.29, 0.717) is 16.8 Å². The van der Waals surface area contributed by atoms with Crippen LogP contribution in [0.3, 0.4) is 0 Å². The van der Waals surface area contributed by atoms with E-state index in [1.165, 1.54) is 4.90 Å². The topological polar surface area (TPSA) is 78.5 Å². The van der Waals surface area contributed by atoms with Gasteiger partial charge in [-0.15, -0.1) is 0 Å². The Bertz CT molecular complexity index is 1130. The third kappa shape index (κ3) is 4.12. The van der Waals surface area contributed by atoms with Gasteiger partial charge in [0.25, 0.3) is 11.8 Å². The molecule has 1 aliphatic heterocycles. The lowest BCUT2D eigenvalue weighted by Gasteiger charge is -2.29. The fourth-order valence-electron chi connectivity index (χ4n) is 3.88. The molecule has 0 unspecified atom stereocenters. The lowest BCUT2D eigenvalue weighted by Crippen LogP contribution is -2.45. The van der Waals surface area contributed by atoms with E-state index < -0.39 is 11.6 Å². The molecule has 32 heavy (non-hydrogen) atoms. The zero-order valence-electron chi connectivity index (χ0n) is 18.3. The Morgan fingerprint density at radius 1 is 0.781 bits per heavy atom. The Hall–Kier alpha value is -3.93. The average Bonchev–Trinajstić information content (AvgIpc) is 3.03. The van der Waals surface area contributed by atoms with E-state index in [0.717, 1.165) is 11.1 Å². The van der Waals surface area contributed by atoms with Crippen molar-refractivity contribution in [2.75, 3.05) is 5.32 Å². The molecule has 0 saturated heterocycles. The van der Waals surface area contributed by atoms with E-state index in [2.05, 4.69) is 10.6 Å². The molecule has 0 spiro atoms. The highest BCUT2D eigenvalue weighted by atomic mass is 16.2. The van der Waals surface area contributed by atoms with Crippen LogP contribution < -0.4 is 10.6 Å². The number of fused-ring (bicyclic) bond motifs is 1. The number of hydrogen-bond donors (Lipinski definition) is 2. The summed E-state index contributed by atoms with van der Waals surface area (Å²) in [6.45, 7) is 5.44. The van der Waals surface area contributed by atoms with Crippen molar-refractivity contribution in [3.8, 4) is 0 Å². The van der Waals surface area contributed by atoms with Crippen LogP contribution in [0.1, 0.15) is 58.7 Å². The summed E-state index contributed by atoms with van der Waals surface area (Å²) in [5.74, 6) is -0.672. The van der Waals surface area contributed by atoms with Gasteiger partial charge in [-0.25, -0.2) is 4.79 Å². The number of nitrogens with zero attached hydrogens (tertiary/aromatic N) is 1. The summed E-state index contributed by atoms with van der Waals surface area (Å²) in [5.41, 5.74) is 2.36. The first-order valence-electron chi connectivity index (χ1n) is 10.5. The van der Waals surface area contributed by atoms with Gasteiger partial charge in [-0.1, -0.05) is 60.7 Å². The van der Waals surface area contributed by atoms with Crippen molar-refractivity contribution >= 4 is 23.5 Å². The summed E-state index contributed by atoms with van der Waals surface area (Å²) in [6, 6.07) is 23.4. The Morgan fingerprint density at radius 2 is 1.31 bits per heavy atom. The molecular formula is C26H25N3O3. The lowest BCUT2D eigenvalue weighted by atomic mass is 9.99. The second-order valence-corrected chi connectivity index (χ2v) is 8.73. The first kappa shape index (κ1) is 21.3. The number of urea groups is 1. The van der Waals surface area contributed by atoms with Crippen molar-refractivity contribution in [2.45, 2.75) is 32.4 Å². The van der Waals surface area contributed by atoms with E-state index >= 15 is 0 Å². The van der Waals surface area contributed by atoms with Crippen LogP contribution in [0.4, 0.5) is 10.5 Å². The molecule has 0 aromatic heterocycles. The van der Waals surface area contributed by atoms with Gasteiger partial charge in [0.05, 0.1) is 17.2 Å². The molecule has 0 radical (unpaired) electrons. The summed E-state index contributed by atoms with van der Waals surface area (Å²) in [6.07, 6.45) is 0. The zero-order valence-corrected chi connectivity index (χ0v) is 18.3. The molecule has 3 aromatic carbocycles. The molecule has 2 N–H and O–H groups in total.